The fraction of sp³-hybridized carbons (Fsp3) is 0.875. The minimum absolute atomic E-state index is 0.319. The molecular formula is C16H30O4. The first-order valence-electron chi connectivity index (χ1n) is 7.84. The van der Waals surface area contributed by atoms with E-state index in [1.807, 2.05) is 0 Å². The zero-order valence-corrected chi connectivity index (χ0v) is 13.1. The molecule has 2 N–H and O–H groups in total. The van der Waals surface area contributed by atoms with Gasteiger partial charge >= 0.3 is 11.9 Å². The normalized spacial score (nSPS) is 22.0. The van der Waals surface area contributed by atoms with Gasteiger partial charge in [-0.1, -0.05) is 46.5 Å². The Morgan fingerprint density at radius 1 is 0.950 bits per heavy atom. The van der Waals surface area contributed by atoms with Crippen LogP contribution in [-0.2, 0) is 9.59 Å². The molecule has 4 nitrogen and oxygen atoms in total. The summed E-state index contributed by atoms with van der Waals surface area (Å²) in [6, 6.07) is 0. The van der Waals surface area contributed by atoms with Crippen molar-refractivity contribution >= 4 is 11.9 Å². The lowest BCUT2D eigenvalue weighted by atomic mass is 9.82. The molecule has 0 aromatic rings. The van der Waals surface area contributed by atoms with E-state index in [2.05, 4.69) is 20.8 Å². The van der Waals surface area contributed by atoms with Crippen LogP contribution in [0.5, 0.6) is 0 Å². The first-order valence-corrected chi connectivity index (χ1v) is 7.84. The van der Waals surface area contributed by atoms with Crippen LogP contribution in [-0.4, -0.2) is 22.2 Å². The average molecular weight is 286 g/mol. The SMILES string of the molecule is CCCCCC(C)C.O=C(O)C1CCC(C(=O)O)CC1. The molecule has 0 amide bonds. The standard InChI is InChI=1S/C8H12O4.C8H18/c9-7(10)5-1-2-6(4-3-5)8(11)12;1-4-5-6-7-8(2)3/h5-6H,1-4H2,(H,9,10)(H,11,12);8H,4-7H2,1-3H3. The first-order chi connectivity index (χ1) is 9.38. The molecule has 0 spiro atoms. The van der Waals surface area contributed by atoms with E-state index < -0.39 is 11.9 Å². The second-order valence-electron chi connectivity index (χ2n) is 6.11. The van der Waals surface area contributed by atoms with Crippen LogP contribution in [0.25, 0.3) is 0 Å². The zero-order chi connectivity index (χ0) is 15.5. The van der Waals surface area contributed by atoms with Gasteiger partial charge in [0.2, 0.25) is 0 Å². The van der Waals surface area contributed by atoms with Crippen molar-refractivity contribution in [3.63, 3.8) is 0 Å². The molecule has 0 atom stereocenters. The van der Waals surface area contributed by atoms with Crippen molar-refractivity contribution in [3.8, 4) is 0 Å². The maximum absolute atomic E-state index is 10.5. The molecule has 118 valence electrons. The van der Waals surface area contributed by atoms with Gasteiger partial charge in [0.05, 0.1) is 11.8 Å². The molecule has 0 aliphatic heterocycles. The van der Waals surface area contributed by atoms with Gasteiger partial charge in [-0.05, 0) is 31.6 Å². The van der Waals surface area contributed by atoms with Crippen molar-refractivity contribution in [2.75, 3.05) is 0 Å². The van der Waals surface area contributed by atoms with Gasteiger partial charge < -0.3 is 10.2 Å². The van der Waals surface area contributed by atoms with Crippen molar-refractivity contribution in [3.05, 3.63) is 0 Å². The summed E-state index contributed by atoms with van der Waals surface area (Å²) in [5.41, 5.74) is 0. The fourth-order valence-electron chi connectivity index (χ4n) is 2.39. The van der Waals surface area contributed by atoms with Crippen LogP contribution in [0.2, 0.25) is 0 Å². The molecule has 0 heterocycles. The molecule has 1 aliphatic rings. The summed E-state index contributed by atoms with van der Waals surface area (Å²) in [4.78, 5) is 21.0. The molecule has 1 fully saturated rings. The summed E-state index contributed by atoms with van der Waals surface area (Å²) in [5.74, 6) is -1.32. The monoisotopic (exact) mass is 286 g/mol. The van der Waals surface area contributed by atoms with Crippen LogP contribution in [0.4, 0.5) is 0 Å². The van der Waals surface area contributed by atoms with E-state index in [9.17, 15) is 9.59 Å². The summed E-state index contributed by atoms with van der Waals surface area (Å²) >= 11 is 0. The maximum atomic E-state index is 10.5. The van der Waals surface area contributed by atoms with Crippen molar-refractivity contribution in [1.29, 1.82) is 0 Å². The van der Waals surface area contributed by atoms with Crippen molar-refractivity contribution < 1.29 is 19.8 Å². The predicted molar refractivity (Wildman–Crippen MR) is 79.7 cm³/mol. The molecule has 1 rings (SSSR count). The largest absolute Gasteiger partial charge is 0.481 e. The van der Waals surface area contributed by atoms with Crippen molar-refractivity contribution in [2.45, 2.75) is 72.1 Å². The Hall–Kier alpha value is -1.06. The number of unbranched alkanes of at least 4 members (excludes halogenated alkanes) is 2. The van der Waals surface area contributed by atoms with Crippen LogP contribution in [0.1, 0.15) is 72.1 Å². The molecule has 1 saturated carbocycles. The van der Waals surface area contributed by atoms with Crippen LogP contribution in [0.3, 0.4) is 0 Å². The maximum Gasteiger partial charge on any atom is 0.306 e. The van der Waals surface area contributed by atoms with Gasteiger partial charge in [0.25, 0.3) is 0 Å². The Morgan fingerprint density at radius 2 is 1.35 bits per heavy atom. The van der Waals surface area contributed by atoms with Gasteiger partial charge in [-0.25, -0.2) is 0 Å². The van der Waals surface area contributed by atoms with Crippen LogP contribution in [0, 0.1) is 17.8 Å². The highest BCUT2D eigenvalue weighted by atomic mass is 16.4. The van der Waals surface area contributed by atoms with Crippen molar-refractivity contribution in [2.24, 2.45) is 17.8 Å². The number of carboxylic acids is 2. The van der Waals surface area contributed by atoms with E-state index in [1.54, 1.807) is 0 Å². The Labute approximate surface area is 122 Å². The smallest absolute Gasteiger partial charge is 0.306 e. The third-order valence-electron chi connectivity index (χ3n) is 3.81. The molecule has 20 heavy (non-hydrogen) atoms. The second kappa shape index (κ2) is 10.7. The summed E-state index contributed by atoms with van der Waals surface area (Å²) in [7, 11) is 0. The van der Waals surface area contributed by atoms with Crippen LogP contribution < -0.4 is 0 Å². The van der Waals surface area contributed by atoms with E-state index >= 15 is 0 Å². The molecule has 0 unspecified atom stereocenters. The van der Waals surface area contributed by atoms with Gasteiger partial charge in [-0.2, -0.15) is 0 Å². The molecule has 4 heteroatoms. The summed E-state index contributed by atoms with van der Waals surface area (Å²) in [5, 5.41) is 17.2. The number of aliphatic carboxylic acids is 2. The van der Waals surface area contributed by atoms with Crippen LogP contribution in [0.15, 0.2) is 0 Å². The molecule has 0 aromatic heterocycles. The lowest BCUT2D eigenvalue weighted by Crippen LogP contribution is -2.25. The molecule has 0 aromatic carbocycles. The first kappa shape index (κ1) is 18.9. The molecule has 0 bridgehead atoms. The lowest BCUT2D eigenvalue weighted by molar-refractivity contribution is -0.148. The Balaban J connectivity index is 0.000000396. The average Bonchev–Trinajstić information content (AvgIpc) is 2.39. The van der Waals surface area contributed by atoms with E-state index in [1.165, 1.54) is 25.7 Å². The molecular weight excluding hydrogens is 256 g/mol. The number of carboxylic acid groups (broad SMARTS) is 2. The summed E-state index contributed by atoms with van der Waals surface area (Å²) in [6.07, 6.45) is 7.63. The van der Waals surface area contributed by atoms with E-state index in [0.717, 1.165) is 5.92 Å². The number of rotatable bonds is 6. The lowest BCUT2D eigenvalue weighted by Gasteiger charge is -2.22. The number of carbonyl (C=O) groups is 2. The fourth-order valence-corrected chi connectivity index (χ4v) is 2.39. The highest BCUT2D eigenvalue weighted by Gasteiger charge is 2.29. The summed E-state index contributed by atoms with van der Waals surface area (Å²) in [6.45, 7) is 6.83. The van der Waals surface area contributed by atoms with Crippen LogP contribution >= 0.6 is 0 Å². The minimum Gasteiger partial charge on any atom is -0.481 e. The third kappa shape index (κ3) is 8.94. The molecule has 0 radical (unpaired) electrons. The predicted octanol–water partition coefficient (Wildman–Crippen LogP) is 4.18. The Bertz CT molecular complexity index is 256. The highest BCUT2D eigenvalue weighted by molar-refractivity contribution is 5.72. The van der Waals surface area contributed by atoms with E-state index in [-0.39, 0.29) is 11.8 Å². The highest BCUT2D eigenvalue weighted by Crippen LogP contribution is 2.28. The zero-order valence-electron chi connectivity index (χ0n) is 13.1. The quantitative estimate of drug-likeness (QED) is 0.718. The van der Waals surface area contributed by atoms with E-state index in [4.69, 9.17) is 10.2 Å². The van der Waals surface area contributed by atoms with E-state index in [0.29, 0.717) is 25.7 Å². The van der Waals surface area contributed by atoms with Gasteiger partial charge in [0.15, 0.2) is 0 Å². The number of hydrogen-bond acceptors (Lipinski definition) is 2. The van der Waals surface area contributed by atoms with Crippen molar-refractivity contribution in [1.82, 2.24) is 0 Å². The second-order valence-corrected chi connectivity index (χ2v) is 6.11. The Morgan fingerprint density at radius 3 is 1.60 bits per heavy atom. The Kier molecular flexibility index (Phi) is 10.1. The molecule has 1 aliphatic carbocycles. The van der Waals surface area contributed by atoms with Gasteiger partial charge in [0.1, 0.15) is 0 Å². The topological polar surface area (TPSA) is 74.6 Å². The van der Waals surface area contributed by atoms with Gasteiger partial charge in [-0.15, -0.1) is 0 Å². The van der Waals surface area contributed by atoms with Gasteiger partial charge in [-0.3, -0.25) is 9.59 Å². The molecule has 0 saturated heterocycles. The third-order valence-corrected chi connectivity index (χ3v) is 3.81. The summed E-state index contributed by atoms with van der Waals surface area (Å²) < 4.78 is 0. The number of hydrogen-bond donors (Lipinski definition) is 2. The minimum atomic E-state index is -0.793. The van der Waals surface area contributed by atoms with Gasteiger partial charge in [0, 0.05) is 0 Å².